The molecule has 0 aromatic rings. The fourth-order valence-corrected chi connectivity index (χ4v) is 4.43. The molecule has 2 aliphatic carbocycles. The van der Waals surface area contributed by atoms with Crippen molar-refractivity contribution in [1.82, 2.24) is 0 Å². The molecule has 2 saturated carbocycles. The summed E-state index contributed by atoms with van der Waals surface area (Å²) in [5, 5.41) is 0. The van der Waals surface area contributed by atoms with E-state index in [9.17, 15) is 4.79 Å². The molecule has 0 aromatic heterocycles. The van der Waals surface area contributed by atoms with Gasteiger partial charge in [0, 0.05) is 0 Å². The predicted molar refractivity (Wildman–Crippen MR) is 97.8 cm³/mol. The first-order chi connectivity index (χ1) is 11.6. The first-order valence-corrected chi connectivity index (χ1v) is 9.98. The number of ether oxygens (including phenoxy) is 2. The highest BCUT2D eigenvalue weighted by Crippen LogP contribution is 2.34. The molecule has 24 heavy (non-hydrogen) atoms. The average Bonchev–Trinajstić information content (AvgIpc) is 2.61. The maximum Gasteiger partial charge on any atom is 0.334 e. The van der Waals surface area contributed by atoms with E-state index in [2.05, 4.69) is 13.5 Å². The van der Waals surface area contributed by atoms with Crippen LogP contribution in [0.5, 0.6) is 0 Å². The zero-order chi connectivity index (χ0) is 17.4. The Labute approximate surface area is 148 Å². The molecular formula is C21H36O3. The van der Waals surface area contributed by atoms with Crippen LogP contribution in [0.15, 0.2) is 12.7 Å². The van der Waals surface area contributed by atoms with Gasteiger partial charge in [-0.2, -0.15) is 0 Å². The summed E-state index contributed by atoms with van der Waals surface area (Å²) in [4.78, 5) is 12.2. The highest BCUT2D eigenvalue weighted by Gasteiger charge is 2.31. The van der Waals surface area contributed by atoms with Crippen LogP contribution in [-0.2, 0) is 14.3 Å². The van der Waals surface area contributed by atoms with Crippen LogP contribution in [-0.4, -0.2) is 25.3 Å². The van der Waals surface area contributed by atoms with Crippen LogP contribution in [0.1, 0.15) is 77.6 Å². The zero-order valence-electron chi connectivity index (χ0n) is 15.7. The van der Waals surface area contributed by atoms with Gasteiger partial charge >= 0.3 is 5.97 Å². The molecule has 0 spiro atoms. The lowest BCUT2D eigenvalue weighted by atomic mass is 9.80. The highest BCUT2D eigenvalue weighted by molar-refractivity contribution is 5.74. The Bertz CT molecular complexity index is 385. The van der Waals surface area contributed by atoms with Crippen molar-refractivity contribution in [3.8, 4) is 0 Å². The molecule has 3 nitrogen and oxygen atoms in total. The van der Waals surface area contributed by atoms with E-state index in [1.54, 1.807) is 0 Å². The Morgan fingerprint density at radius 2 is 1.88 bits per heavy atom. The van der Waals surface area contributed by atoms with Crippen LogP contribution in [0.2, 0.25) is 0 Å². The minimum absolute atomic E-state index is 0.187. The third-order valence-corrected chi connectivity index (χ3v) is 6.08. The average molecular weight is 337 g/mol. The quantitative estimate of drug-likeness (QED) is 0.446. The summed E-state index contributed by atoms with van der Waals surface area (Å²) < 4.78 is 11.3. The Kier molecular flexibility index (Phi) is 8.31. The largest absolute Gasteiger partial charge is 0.467 e. The summed E-state index contributed by atoms with van der Waals surface area (Å²) in [6, 6.07) is 0. The van der Waals surface area contributed by atoms with Gasteiger partial charge in [0.2, 0.25) is 0 Å². The lowest BCUT2D eigenvalue weighted by Gasteiger charge is -2.34. The van der Waals surface area contributed by atoms with Gasteiger partial charge in [0.15, 0.2) is 6.10 Å². The summed E-state index contributed by atoms with van der Waals surface area (Å²) >= 11 is 0. The molecule has 0 heterocycles. The normalized spacial score (nSPS) is 32.1. The molecule has 3 atom stereocenters. The third-order valence-electron chi connectivity index (χ3n) is 6.08. The Morgan fingerprint density at radius 1 is 1.17 bits per heavy atom. The van der Waals surface area contributed by atoms with E-state index in [4.69, 9.17) is 9.47 Å². The van der Waals surface area contributed by atoms with Gasteiger partial charge in [0.05, 0.1) is 13.2 Å². The van der Waals surface area contributed by atoms with E-state index in [0.29, 0.717) is 5.92 Å². The molecule has 2 fully saturated rings. The van der Waals surface area contributed by atoms with Gasteiger partial charge in [0.25, 0.3) is 0 Å². The molecule has 0 saturated heterocycles. The van der Waals surface area contributed by atoms with Gasteiger partial charge in [-0.25, -0.2) is 4.79 Å². The maximum atomic E-state index is 12.2. The summed E-state index contributed by atoms with van der Waals surface area (Å²) in [7, 11) is 1.48. The molecule has 0 bridgehead atoms. The third kappa shape index (κ3) is 5.91. The van der Waals surface area contributed by atoms with E-state index in [1.807, 2.05) is 6.08 Å². The van der Waals surface area contributed by atoms with Gasteiger partial charge in [-0.15, -0.1) is 6.58 Å². The van der Waals surface area contributed by atoms with Gasteiger partial charge in [-0.3, -0.25) is 0 Å². The van der Waals surface area contributed by atoms with Gasteiger partial charge < -0.3 is 9.47 Å². The van der Waals surface area contributed by atoms with Crippen molar-refractivity contribution in [3.63, 3.8) is 0 Å². The first kappa shape index (κ1) is 19.5. The molecule has 0 aliphatic heterocycles. The van der Waals surface area contributed by atoms with Crippen LogP contribution in [0.4, 0.5) is 0 Å². The second-order valence-corrected chi connectivity index (χ2v) is 7.96. The molecule has 0 N–H and O–H groups in total. The van der Waals surface area contributed by atoms with E-state index < -0.39 is 0 Å². The van der Waals surface area contributed by atoms with Crippen molar-refractivity contribution in [2.45, 2.75) is 89.8 Å². The summed E-state index contributed by atoms with van der Waals surface area (Å²) in [6.07, 6.45) is 14.7. The lowest BCUT2D eigenvalue weighted by molar-refractivity contribution is -0.162. The standard InChI is InChI=1S/C21H36O3/c1-4-7-18-8-5-6-9-19(18)24-20(21(22)23-3)15-14-17-12-10-16(2)11-13-17/h4,16-20H,1,5-15H2,2-3H3. The zero-order valence-corrected chi connectivity index (χ0v) is 15.7. The second-order valence-electron chi connectivity index (χ2n) is 7.96. The molecule has 3 unspecified atom stereocenters. The van der Waals surface area contributed by atoms with E-state index in [0.717, 1.165) is 37.5 Å². The van der Waals surface area contributed by atoms with Crippen molar-refractivity contribution < 1.29 is 14.3 Å². The fourth-order valence-electron chi connectivity index (χ4n) is 4.43. The van der Waals surface area contributed by atoms with Crippen LogP contribution in [0.3, 0.4) is 0 Å². The Balaban J connectivity index is 1.87. The molecule has 0 radical (unpaired) electrons. The summed E-state index contributed by atoms with van der Waals surface area (Å²) in [5.74, 6) is 1.95. The fraction of sp³-hybridized carbons (Fsp3) is 0.857. The molecule has 0 amide bonds. The Hall–Kier alpha value is -0.830. The molecular weight excluding hydrogens is 300 g/mol. The maximum absolute atomic E-state index is 12.2. The molecule has 0 aromatic carbocycles. The molecule has 138 valence electrons. The van der Waals surface area contributed by atoms with Crippen LogP contribution >= 0.6 is 0 Å². The van der Waals surface area contributed by atoms with Crippen molar-refractivity contribution in [2.75, 3.05) is 7.11 Å². The monoisotopic (exact) mass is 336 g/mol. The van der Waals surface area contributed by atoms with Crippen LogP contribution < -0.4 is 0 Å². The highest BCUT2D eigenvalue weighted by atomic mass is 16.6. The van der Waals surface area contributed by atoms with Crippen molar-refractivity contribution in [3.05, 3.63) is 12.7 Å². The minimum Gasteiger partial charge on any atom is -0.467 e. The number of hydrogen-bond acceptors (Lipinski definition) is 3. The molecule has 2 aliphatic rings. The SMILES string of the molecule is C=CCC1CCCCC1OC(CCC1CCC(C)CC1)C(=O)OC. The second kappa shape index (κ2) is 10.2. The number of esters is 1. The number of hydrogen-bond donors (Lipinski definition) is 0. The van der Waals surface area contributed by atoms with Crippen molar-refractivity contribution in [2.24, 2.45) is 17.8 Å². The van der Waals surface area contributed by atoms with Gasteiger partial charge in [-0.1, -0.05) is 51.5 Å². The molecule has 3 heteroatoms. The topological polar surface area (TPSA) is 35.5 Å². The smallest absolute Gasteiger partial charge is 0.334 e. The van der Waals surface area contributed by atoms with E-state index in [-0.39, 0.29) is 18.2 Å². The summed E-state index contributed by atoms with van der Waals surface area (Å²) in [6.45, 7) is 6.22. The van der Waals surface area contributed by atoms with Crippen molar-refractivity contribution >= 4 is 5.97 Å². The number of methoxy groups -OCH3 is 1. The Morgan fingerprint density at radius 3 is 2.54 bits per heavy atom. The minimum atomic E-state index is -0.384. The predicted octanol–water partition coefficient (Wildman–Crippen LogP) is 5.29. The van der Waals surface area contributed by atoms with Crippen LogP contribution in [0, 0.1) is 17.8 Å². The van der Waals surface area contributed by atoms with E-state index >= 15 is 0 Å². The number of carbonyl (C=O) groups excluding carboxylic acids is 1. The lowest BCUT2D eigenvalue weighted by Crippen LogP contribution is -2.36. The van der Waals surface area contributed by atoms with Gasteiger partial charge in [-0.05, 0) is 49.9 Å². The number of rotatable bonds is 8. The van der Waals surface area contributed by atoms with Gasteiger partial charge in [0.1, 0.15) is 0 Å². The molecule has 2 rings (SSSR count). The number of carbonyl (C=O) groups is 1. The van der Waals surface area contributed by atoms with E-state index in [1.165, 1.54) is 52.1 Å². The first-order valence-electron chi connectivity index (χ1n) is 9.98. The number of allylic oxidation sites excluding steroid dienone is 1. The van der Waals surface area contributed by atoms with Crippen molar-refractivity contribution in [1.29, 1.82) is 0 Å². The van der Waals surface area contributed by atoms with Crippen LogP contribution in [0.25, 0.3) is 0 Å². The summed E-state index contributed by atoms with van der Waals surface area (Å²) in [5.41, 5.74) is 0.